The van der Waals surface area contributed by atoms with Gasteiger partial charge in [0.15, 0.2) is 0 Å². The minimum Gasteiger partial charge on any atom is -0.394 e. The van der Waals surface area contributed by atoms with E-state index in [2.05, 4.69) is 16.0 Å². The molecule has 0 bridgehead atoms. The zero-order valence-electron chi connectivity index (χ0n) is 15.9. The fourth-order valence-electron chi connectivity index (χ4n) is 2.39. The number of hydrogen-bond donors (Lipinski definition) is 4. The third-order valence-electron chi connectivity index (χ3n) is 3.92. The summed E-state index contributed by atoms with van der Waals surface area (Å²) in [6, 6.07) is 10.0. The van der Waals surface area contributed by atoms with Gasteiger partial charge in [0.1, 0.15) is 0 Å². The molecule has 0 aliphatic rings. The van der Waals surface area contributed by atoms with Gasteiger partial charge in [-0.3, -0.25) is 4.79 Å². The maximum absolute atomic E-state index is 12.5. The Bertz CT molecular complexity index is 848. The Kier molecular flexibility index (Phi) is 6.86. The van der Waals surface area contributed by atoms with E-state index in [-0.39, 0.29) is 24.6 Å². The van der Waals surface area contributed by atoms with Crippen LogP contribution in [0.5, 0.6) is 0 Å². The molecular weight excluding hydrogens is 387 g/mol. The predicted octanol–water partition coefficient (Wildman–Crippen LogP) is 3.78. The summed E-state index contributed by atoms with van der Waals surface area (Å²) < 4.78 is 37.6. The number of amides is 3. The number of hydrogen-bond acceptors (Lipinski definition) is 3. The summed E-state index contributed by atoms with van der Waals surface area (Å²) in [6.45, 7) is 3.22. The van der Waals surface area contributed by atoms with Crippen molar-refractivity contribution in [2.24, 2.45) is 0 Å². The van der Waals surface area contributed by atoms with Gasteiger partial charge in [-0.1, -0.05) is 12.1 Å². The first-order chi connectivity index (χ1) is 13.5. The second-order valence-corrected chi connectivity index (χ2v) is 7.12. The first-order valence-corrected chi connectivity index (χ1v) is 8.74. The average molecular weight is 409 g/mol. The molecule has 0 atom stereocenters. The van der Waals surface area contributed by atoms with Crippen LogP contribution in [0.4, 0.5) is 29.3 Å². The Morgan fingerprint density at radius 1 is 0.897 bits per heavy atom. The van der Waals surface area contributed by atoms with Crippen LogP contribution in [0.15, 0.2) is 48.5 Å². The van der Waals surface area contributed by atoms with E-state index in [1.165, 1.54) is 0 Å². The van der Waals surface area contributed by atoms with Crippen molar-refractivity contribution in [1.82, 2.24) is 5.32 Å². The van der Waals surface area contributed by atoms with Gasteiger partial charge in [0, 0.05) is 11.4 Å². The summed E-state index contributed by atoms with van der Waals surface area (Å²) in [5.74, 6) is -0.246. The third-order valence-corrected chi connectivity index (χ3v) is 3.92. The number of carbonyl (C=O) groups is 2. The van der Waals surface area contributed by atoms with Gasteiger partial charge in [-0.2, -0.15) is 13.2 Å². The zero-order valence-corrected chi connectivity index (χ0v) is 15.9. The molecule has 156 valence electrons. The van der Waals surface area contributed by atoms with Crippen LogP contribution in [0.3, 0.4) is 0 Å². The molecule has 2 aromatic carbocycles. The number of carbonyl (C=O) groups excluding carboxylic acids is 2. The van der Waals surface area contributed by atoms with Gasteiger partial charge in [-0.25, -0.2) is 4.79 Å². The van der Waals surface area contributed by atoms with Gasteiger partial charge in [-0.05, 0) is 55.8 Å². The summed E-state index contributed by atoms with van der Waals surface area (Å²) in [4.78, 5) is 24.0. The Labute approximate surface area is 166 Å². The van der Waals surface area contributed by atoms with Gasteiger partial charge in [0.2, 0.25) is 5.91 Å². The Balaban J connectivity index is 1.89. The molecular formula is C20H22F3N3O3. The lowest BCUT2D eigenvalue weighted by Gasteiger charge is -2.23. The Morgan fingerprint density at radius 3 is 1.83 bits per heavy atom. The van der Waals surface area contributed by atoms with Crippen LogP contribution in [-0.4, -0.2) is 29.2 Å². The Morgan fingerprint density at radius 2 is 1.38 bits per heavy atom. The molecule has 0 spiro atoms. The van der Waals surface area contributed by atoms with Crippen molar-refractivity contribution >= 4 is 23.3 Å². The van der Waals surface area contributed by atoms with Crippen LogP contribution in [-0.2, 0) is 17.4 Å². The maximum Gasteiger partial charge on any atom is 0.416 e. The molecule has 0 aliphatic heterocycles. The topological polar surface area (TPSA) is 90.5 Å². The molecule has 2 aromatic rings. The molecule has 3 amide bonds. The van der Waals surface area contributed by atoms with Crippen LogP contribution in [0.2, 0.25) is 0 Å². The number of halogens is 3. The highest BCUT2D eigenvalue weighted by atomic mass is 19.4. The first kappa shape index (κ1) is 22.2. The molecule has 0 unspecified atom stereocenters. The van der Waals surface area contributed by atoms with Gasteiger partial charge in [0.05, 0.1) is 24.1 Å². The number of rotatable bonds is 6. The van der Waals surface area contributed by atoms with Crippen LogP contribution >= 0.6 is 0 Å². The lowest BCUT2D eigenvalue weighted by Crippen LogP contribution is -2.46. The van der Waals surface area contributed by atoms with Crippen molar-refractivity contribution in [3.8, 4) is 0 Å². The van der Waals surface area contributed by atoms with E-state index in [9.17, 15) is 27.9 Å². The molecule has 0 aliphatic carbocycles. The first-order valence-electron chi connectivity index (χ1n) is 8.74. The minimum atomic E-state index is -4.44. The van der Waals surface area contributed by atoms with E-state index >= 15 is 0 Å². The van der Waals surface area contributed by atoms with Crippen molar-refractivity contribution in [2.45, 2.75) is 32.0 Å². The van der Waals surface area contributed by atoms with Gasteiger partial charge < -0.3 is 21.1 Å². The second kappa shape index (κ2) is 8.95. The van der Waals surface area contributed by atoms with Gasteiger partial charge in [-0.15, -0.1) is 0 Å². The molecule has 0 radical (unpaired) electrons. The number of nitrogens with one attached hydrogen (secondary N) is 3. The van der Waals surface area contributed by atoms with E-state index in [1.807, 2.05) is 0 Å². The summed E-state index contributed by atoms with van der Waals surface area (Å²) in [5, 5.41) is 16.9. The highest BCUT2D eigenvalue weighted by Crippen LogP contribution is 2.29. The van der Waals surface area contributed by atoms with Crippen LogP contribution < -0.4 is 16.0 Å². The van der Waals surface area contributed by atoms with E-state index in [0.29, 0.717) is 11.3 Å². The molecule has 6 nitrogen and oxygen atoms in total. The van der Waals surface area contributed by atoms with Crippen LogP contribution in [0.1, 0.15) is 25.0 Å². The second-order valence-electron chi connectivity index (χ2n) is 7.12. The largest absolute Gasteiger partial charge is 0.416 e. The lowest BCUT2D eigenvalue weighted by molar-refractivity contribution is -0.137. The predicted molar refractivity (Wildman–Crippen MR) is 104 cm³/mol. The van der Waals surface area contributed by atoms with E-state index in [1.54, 1.807) is 38.1 Å². The molecule has 9 heteroatoms. The Hall–Kier alpha value is -3.07. The van der Waals surface area contributed by atoms with Crippen LogP contribution in [0, 0.1) is 0 Å². The lowest BCUT2D eigenvalue weighted by atomic mass is 10.1. The average Bonchev–Trinajstić information content (AvgIpc) is 2.62. The number of benzene rings is 2. The quantitative estimate of drug-likeness (QED) is 0.585. The summed E-state index contributed by atoms with van der Waals surface area (Å²) in [5.41, 5.74) is -0.130. The SMILES string of the molecule is CC(C)(CO)NC(=O)Cc1ccc(NC(=O)Nc2ccc(C(F)(F)F)cc2)cc1. The molecule has 29 heavy (non-hydrogen) atoms. The van der Waals surface area contributed by atoms with Crippen LogP contribution in [0.25, 0.3) is 0 Å². The summed E-state index contributed by atoms with van der Waals surface area (Å²) in [6.07, 6.45) is -4.32. The van der Waals surface area contributed by atoms with E-state index in [4.69, 9.17) is 0 Å². The van der Waals surface area contributed by atoms with Crippen molar-refractivity contribution in [3.63, 3.8) is 0 Å². The van der Waals surface area contributed by atoms with Gasteiger partial charge in [0.25, 0.3) is 0 Å². The number of anilines is 2. The van der Waals surface area contributed by atoms with Crippen molar-refractivity contribution in [3.05, 3.63) is 59.7 Å². The molecule has 0 heterocycles. The molecule has 0 aromatic heterocycles. The number of urea groups is 1. The molecule has 0 saturated carbocycles. The molecule has 4 N–H and O–H groups in total. The maximum atomic E-state index is 12.5. The van der Waals surface area contributed by atoms with E-state index in [0.717, 1.165) is 24.3 Å². The fourth-order valence-corrected chi connectivity index (χ4v) is 2.39. The zero-order chi connectivity index (χ0) is 21.7. The molecule has 0 saturated heterocycles. The normalized spacial score (nSPS) is 11.7. The highest BCUT2D eigenvalue weighted by Gasteiger charge is 2.30. The highest BCUT2D eigenvalue weighted by molar-refractivity contribution is 5.99. The van der Waals surface area contributed by atoms with Gasteiger partial charge >= 0.3 is 12.2 Å². The molecule has 2 rings (SSSR count). The molecule has 0 fully saturated rings. The van der Waals surface area contributed by atoms with E-state index < -0.39 is 23.3 Å². The fraction of sp³-hybridized carbons (Fsp3) is 0.300. The monoisotopic (exact) mass is 409 g/mol. The standard InChI is InChI=1S/C20H22F3N3O3/c1-19(2,12-27)26-17(28)11-13-3-7-15(8-4-13)24-18(29)25-16-9-5-14(6-10-16)20(21,22)23/h3-10,27H,11-12H2,1-2H3,(H,26,28)(H2,24,25,29). The number of aliphatic hydroxyl groups excluding tert-OH is 1. The number of aliphatic hydroxyl groups is 1. The van der Waals surface area contributed by atoms with Crippen molar-refractivity contribution in [1.29, 1.82) is 0 Å². The minimum absolute atomic E-state index is 0.113. The summed E-state index contributed by atoms with van der Waals surface area (Å²) in [7, 11) is 0. The third kappa shape index (κ3) is 7.11. The van der Waals surface area contributed by atoms with Crippen molar-refractivity contribution in [2.75, 3.05) is 17.2 Å². The van der Waals surface area contributed by atoms with Crippen molar-refractivity contribution < 1.29 is 27.9 Å². The summed E-state index contributed by atoms with van der Waals surface area (Å²) >= 11 is 0. The smallest absolute Gasteiger partial charge is 0.394 e. The number of alkyl halides is 3.